The van der Waals surface area contributed by atoms with Gasteiger partial charge in [-0.05, 0) is 48.5 Å². The molecule has 3 aromatic rings. The second kappa shape index (κ2) is 9.06. The SMILES string of the molecule is COc1ccc(S(=O)(=O)Nc2cc(Cl)ccc2OC)cc1NC(=O)c1ccccc1. The van der Waals surface area contributed by atoms with Crippen molar-refractivity contribution in [3.8, 4) is 11.5 Å². The number of halogens is 1. The molecule has 0 saturated carbocycles. The van der Waals surface area contributed by atoms with E-state index in [-0.39, 0.29) is 16.3 Å². The van der Waals surface area contributed by atoms with Crippen LogP contribution in [0.3, 0.4) is 0 Å². The number of sulfonamides is 1. The van der Waals surface area contributed by atoms with Crippen LogP contribution < -0.4 is 19.5 Å². The Bertz CT molecular complexity index is 1170. The first kappa shape index (κ1) is 21.5. The Morgan fingerprint density at radius 3 is 2.17 bits per heavy atom. The third-order valence-corrected chi connectivity index (χ3v) is 5.77. The van der Waals surface area contributed by atoms with Crippen LogP contribution in [-0.2, 0) is 10.0 Å². The van der Waals surface area contributed by atoms with Gasteiger partial charge < -0.3 is 14.8 Å². The standard InChI is InChI=1S/C21H19ClN2O5S/c1-28-19-11-9-16(13-17(19)23-21(25)14-6-4-3-5-7-14)30(26,27)24-18-12-15(22)8-10-20(18)29-2/h3-13,24H,1-2H3,(H,23,25). The first-order valence-electron chi connectivity index (χ1n) is 8.75. The summed E-state index contributed by atoms with van der Waals surface area (Å²) in [7, 11) is -1.16. The van der Waals surface area contributed by atoms with Gasteiger partial charge in [-0.2, -0.15) is 0 Å². The Hall–Kier alpha value is -3.23. The minimum Gasteiger partial charge on any atom is -0.495 e. The molecule has 0 bridgehead atoms. The van der Waals surface area contributed by atoms with Gasteiger partial charge in [0.2, 0.25) is 0 Å². The summed E-state index contributed by atoms with van der Waals surface area (Å²) in [6, 6.07) is 17.3. The van der Waals surface area contributed by atoms with E-state index in [1.807, 2.05) is 0 Å². The van der Waals surface area contributed by atoms with Crippen LogP contribution in [0, 0.1) is 0 Å². The summed E-state index contributed by atoms with van der Waals surface area (Å²) in [6.07, 6.45) is 0. The second-order valence-electron chi connectivity index (χ2n) is 6.13. The van der Waals surface area contributed by atoms with Crippen LogP contribution >= 0.6 is 11.6 Å². The molecular formula is C21H19ClN2O5S. The molecule has 0 aliphatic heterocycles. The molecule has 0 aliphatic carbocycles. The summed E-state index contributed by atoms with van der Waals surface area (Å²) in [6.45, 7) is 0. The summed E-state index contributed by atoms with van der Waals surface area (Å²) < 4.78 is 38.7. The number of hydrogen-bond acceptors (Lipinski definition) is 5. The van der Waals surface area contributed by atoms with E-state index in [1.165, 1.54) is 38.5 Å². The van der Waals surface area contributed by atoms with Crippen molar-refractivity contribution >= 4 is 38.9 Å². The molecule has 0 radical (unpaired) electrons. The molecule has 7 nitrogen and oxygen atoms in total. The Morgan fingerprint density at radius 2 is 1.50 bits per heavy atom. The van der Waals surface area contributed by atoms with Crippen LogP contribution in [0.2, 0.25) is 5.02 Å². The van der Waals surface area contributed by atoms with E-state index in [0.29, 0.717) is 22.1 Å². The maximum Gasteiger partial charge on any atom is 0.262 e. The largest absolute Gasteiger partial charge is 0.495 e. The molecule has 3 aromatic carbocycles. The molecule has 0 aliphatic rings. The van der Waals surface area contributed by atoms with Gasteiger partial charge in [-0.1, -0.05) is 29.8 Å². The van der Waals surface area contributed by atoms with Crippen LogP contribution in [0.5, 0.6) is 11.5 Å². The van der Waals surface area contributed by atoms with Gasteiger partial charge in [-0.25, -0.2) is 8.42 Å². The maximum atomic E-state index is 12.9. The van der Waals surface area contributed by atoms with Crippen molar-refractivity contribution < 1.29 is 22.7 Å². The summed E-state index contributed by atoms with van der Waals surface area (Å²) in [5.41, 5.74) is 0.831. The molecule has 0 unspecified atom stereocenters. The molecule has 0 spiro atoms. The highest BCUT2D eigenvalue weighted by atomic mass is 35.5. The van der Waals surface area contributed by atoms with E-state index < -0.39 is 15.9 Å². The fourth-order valence-electron chi connectivity index (χ4n) is 2.70. The molecule has 30 heavy (non-hydrogen) atoms. The van der Waals surface area contributed by atoms with Gasteiger partial charge >= 0.3 is 0 Å². The second-order valence-corrected chi connectivity index (χ2v) is 8.25. The Kier molecular flexibility index (Phi) is 6.49. The third-order valence-electron chi connectivity index (χ3n) is 4.17. The van der Waals surface area contributed by atoms with E-state index >= 15 is 0 Å². The number of carbonyl (C=O) groups excluding carboxylic acids is 1. The van der Waals surface area contributed by atoms with Crippen LogP contribution in [0.15, 0.2) is 71.6 Å². The van der Waals surface area contributed by atoms with Crippen molar-refractivity contribution in [1.82, 2.24) is 0 Å². The fraction of sp³-hybridized carbons (Fsp3) is 0.0952. The number of benzene rings is 3. The molecule has 0 atom stereocenters. The number of ether oxygens (including phenoxy) is 2. The highest BCUT2D eigenvalue weighted by Gasteiger charge is 2.20. The lowest BCUT2D eigenvalue weighted by molar-refractivity contribution is 0.102. The van der Waals surface area contributed by atoms with Gasteiger partial charge in [-0.15, -0.1) is 0 Å². The molecule has 3 rings (SSSR count). The molecule has 0 aromatic heterocycles. The van der Waals surface area contributed by atoms with Gasteiger partial charge in [0.05, 0.1) is 30.5 Å². The Labute approximate surface area is 179 Å². The number of carbonyl (C=O) groups is 1. The number of rotatable bonds is 7. The van der Waals surface area contributed by atoms with Crippen molar-refractivity contribution in [3.63, 3.8) is 0 Å². The summed E-state index contributed by atoms with van der Waals surface area (Å²) in [5.74, 6) is 0.237. The van der Waals surface area contributed by atoms with Crippen molar-refractivity contribution in [2.75, 3.05) is 24.3 Å². The van der Waals surface area contributed by atoms with Crippen LogP contribution in [-0.4, -0.2) is 28.5 Å². The molecule has 9 heteroatoms. The van der Waals surface area contributed by atoms with E-state index in [2.05, 4.69) is 10.0 Å². The molecule has 0 saturated heterocycles. The molecule has 156 valence electrons. The van der Waals surface area contributed by atoms with Gasteiger partial charge in [0.1, 0.15) is 11.5 Å². The van der Waals surface area contributed by atoms with Gasteiger partial charge in [0, 0.05) is 10.6 Å². The molecule has 0 heterocycles. The third kappa shape index (κ3) is 4.84. The van der Waals surface area contributed by atoms with E-state index in [1.54, 1.807) is 42.5 Å². The lowest BCUT2D eigenvalue weighted by atomic mass is 10.2. The van der Waals surface area contributed by atoms with Gasteiger partial charge in [0.25, 0.3) is 15.9 Å². The topological polar surface area (TPSA) is 93.7 Å². The van der Waals surface area contributed by atoms with Crippen molar-refractivity contribution in [2.45, 2.75) is 4.90 Å². The summed E-state index contributed by atoms with van der Waals surface area (Å²) in [5, 5.41) is 3.03. The van der Waals surface area contributed by atoms with Crippen molar-refractivity contribution in [1.29, 1.82) is 0 Å². The summed E-state index contributed by atoms with van der Waals surface area (Å²) >= 11 is 5.97. The van der Waals surface area contributed by atoms with Crippen LogP contribution in [0.4, 0.5) is 11.4 Å². The average molecular weight is 447 g/mol. The van der Waals surface area contributed by atoms with E-state index in [4.69, 9.17) is 21.1 Å². The quantitative estimate of drug-likeness (QED) is 0.560. The Balaban J connectivity index is 1.93. The zero-order valence-corrected chi connectivity index (χ0v) is 17.8. The number of nitrogens with one attached hydrogen (secondary N) is 2. The van der Waals surface area contributed by atoms with Gasteiger partial charge in [0.15, 0.2) is 0 Å². The molecule has 2 N–H and O–H groups in total. The lowest BCUT2D eigenvalue weighted by Gasteiger charge is -2.15. The Morgan fingerprint density at radius 1 is 0.867 bits per heavy atom. The van der Waals surface area contributed by atoms with Crippen molar-refractivity contribution in [3.05, 3.63) is 77.3 Å². The number of hydrogen-bond donors (Lipinski definition) is 2. The monoisotopic (exact) mass is 446 g/mol. The molecule has 0 fully saturated rings. The first-order valence-corrected chi connectivity index (χ1v) is 10.6. The van der Waals surface area contributed by atoms with E-state index in [0.717, 1.165) is 0 Å². The number of methoxy groups -OCH3 is 2. The number of anilines is 2. The predicted octanol–water partition coefficient (Wildman–Crippen LogP) is 4.41. The highest BCUT2D eigenvalue weighted by Crippen LogP contribution is 2.32. The maximum absolute atomic E-state index is 12.9. The number of amides is 1. The van der Waals surface area contributed by atoms with E-state index in [9.17, 15) is 13.2 Å². The van der Waals surface area contributed by atoms with Crippen LogP contribution in [0.1, 0.15) is 10.4 Å². The molecule has 1 amide bonds. The average Bonchev–Trinajstić information content (AvgIpc) is 2.74. The smallest absolute Gasteiger partial charge is 0.262 e. The predicted molar refractivity (Wildman–Crippen MR) is 116 cm³/mol. The first-order chi connectivity index (χ1) is 14.3. The normalized spacial score (nSPS) is 10.9. The highest BCUT2D eigenvalue weighted by molar-refractivity contribution is 7.92. The van der Waals surface area contributed by atoms with Crippen molar-refractivity contribution in [2.24, 2.45) is 0 Å². The fourth-order valence-corrected chi connectivity index (χ4v) is 3.96. The lowest BCUT2D eigenvalue weighted by Crippen LogP contribution is -2.16. The minimum atomic E-state index is -4.01. The summed E-state index contributed by atoms with van der Waals surface area (Å²) in [4.78, 5) is 12.4. The van der Waals surface area contributed by atoms with Gasteiger partial charge in [-0.3, -0.25) is 9.52 Å². The molecular weight excluding hydrogens is 428 g/mol. The minimum absolute atomic E-state index is 0.0753. The van der Waals surface area contributed by atoms with Crippen LogP contribution in [0.25, 0.3) is 0 Å². The zero-order valence-electron chi connectivity index (χ0n) is 16.2. The zero-order chi connectivity index (χ0) is 21.7.